The van der Waals surface area contributed by atoms with E-state index in [-0.39, 0.29) is 16.4 Å². The molecule has 0 atom stereocenters. The van der Waals surface area contributed by atoms with Crippen molar-refractivity contribution < 1.29 is 4.79 Å². The normalized spacial score (nSPS) is 11.4. The third-order valence-electron chi connectivity index (χ3n) is 3.99. The van der Waals surface area contributed by atoms with E-state index in [1.54, 1.807) is 11.3 Å². The number of nitrogens with zero attached hydrogens (tertiary/aromatic N) is 1. The highest BCUT2D eigenvalue weighted by molar-refractivity contribution is 7.80. The summed E-state index contributed by atoms with van der Waals surface area (Å²) in [6, 6.07) is 13.4. The summed E-state index contributed by atoms with van der Waals surface area (Å²) in [7, 11) is 0. The lowest BCUT2D eigenvalue weighted by Crippen LogP contribution is -2.34. The van der Waals surface area contributed by atoms with Crippen LogP contribution in [0.15, 0.2) is 42.5 Å². The van der Waals surface area contributed by atoms with Crippen LogP contribution in [0.4, 0.5) is 5.69 Å². The molecule has 4 nitrogen and oxygen atoms in total. The minimum atomic E-state index is -0.228. The van der Waals surface area contributed by atoms with E-state index >= 15 is 0 Å². The average Bonchev–Trinajstić information content (AvgIpc) is 2.93. The average molecular weight is 384 g/mol. The largest absolute Gasteiger partial charge is 0.332 e. The third-order valence-corrected chi connectivity index (χ3v) is 5.15. The Labute approximate surface area is 162 Å². The highest BCUT2D eigenvalue weighted by Gasteiger charge is 2.15. The third kappa shape index (κ3) is 4.26. The van der Waals surface area contributed by atoms with Gasteiger partial charge < -0.3 is 5.32 Å². The van der Waals surface area contributed by atoms with E-state index in [2.05, 4.69) is 36.4 Å². The molecule has 1 aromatic heterocycles. The molecule has 3 rings (SSSR count). The van der Waals surface area contributed by atoms with Gasteiger partial charge in [0.05, 0.1) is 15.2 Å². The van der Waals surface area contributed by atoms with Crippen LogP contribution >= 0.6 is 23.6 Å². The SMILES string of the molecule is Cc1nc2cc(NC(=S)NC(=O)c3ccc(C(C)(C)C)cc3)ccc2s1. The van der Waals surface area contributed by atoms with Crippen LogP contribution in [0.25, 0.3) is 10.2 Å². The zero-order valence-electron chi connectivity index (χ0n) is 15.2. The molecule has 26 heavy (non-hydrogen) atoms. The molecule has 0 aliphatic heterocycles. The highest BCUT2D eigenvalue weighted by atomic mass is 32.1. The molecule has 0 radical (unpaired) electrons. The fraction of sp³-hybridized carbons (Fsp3) is 0.250. The van der Waals surface area contributed by atoms with Crippen molar-refractivity contribution in [3.05, 3.63) is 58.6 Å². The molecule has 0 spiro atoms. The number of carbonyl (C=O) groups excluding carboxylic acids is 1. The molecule has 0 saturated carbocycles. The highest BCUT2D eigenvalue weighted by Crippen LogP contribution is 2.24. The topological polar surface area (TPSA) is 54.0 Å². The summed E-state index contributed by atoms with van der Waals surface area (Å²) >= 11 is 6.91. The molecule has 134 valence electrons. The van der Waals surface area contributed by atoms with Crippen molar-refractivity contribution >= 4 is 50.5 Å². The molecular weight excluding hydrogens is 362 g/mol. The summed E-state index contributed by atoms with van der Waals surface area (Å²) < 4.78 is 1.13. The molecule has 0 saturated heterocycles. The van der Waals surface area contributed by atoms with E-state index in [1.165, 1.54) is 5.56 Å². The Morgan fingerprint density at radius 2 is 1.81 bits per heavy atom. The second-order valence-electron chi connectivity index (χ2n) is 7.15. The van der Waals surface area contributed by atoms with E-state index in [4.69, 9.17) is 12.2 Å². The predicted octanol–water partition coefficient (Wildman–Crippen LogP) is 5.03. The summed E-state index contributed by atoms with van der Waals surface area (Å²) in [6.07, 6.45) is 0. The number of anilines is 1. The zero-order chi connectivity index (χ0) is 18.9. The minimum Gasteiger partial charge on any atom is -0.332 e. The van der Waals surface area contributed by atoms with Crippen molar-refractivity contribution in [2.75, 3.05) is 5.32 Å². The van der Waals surface area contributed by atoms with Gasteiger partial charge in [0.25, 0.3) is 5.91 Å². The van der Waals surface area contributed by atoms with Gasteiger partial charge in [-0.25, -0.2) is 4.98 Å². The Balaban J connectivity index is 1.65. The molecule has 2 N–H and O–H groups in total. The van der Waals surface area contributed by atoms with Crippen molar-refractivity contribution in [2.24, 2.45) is 0 Å². The number of aromatic nitrogens is 1. The van der Waals surface area contributed by atoms with Crippen LogP contribution in [0, 0.1) is 6.92 Å². The van der Waals surface area contributed by atoms with Crippen LogP contribution in [0.1, 0.15) is 41.7 Å². The van der Waals surface area contributed by atoms with Gasteiger partial charge in [0.1, 0.15) is 0 Å². The molecule has 0 fully saturated rings. The van der Waals surface area contributed by atoms with Gasteiger partial charge in [-0.15, -0.1) is 11.3 Å². The fourth-order valence-electron chi connectivity index (χ4n) is 2.58. The summed E-state index contributed by atoms with van der Waals surface area (Å²) in [6.45, 7) is 8.40. The van der Waals surface area contributed by atoms with Gasteiger partial charge in [0.2, 0.25) is 0 Å². The minimum absolute atomic E-state index is 0.0541. The molecule has 6 heteroatoms. The fourth-order valence-corrected chi connectivity index (χ4v) is 3.60. The Morgan fingerprint density at radius 1 is 1.12 bits per heavy atom. The monoisotopic (exact) mass is 383 g/mol. The maximum atomic E-state index is 12.4. The second-order valence-corrected chi connectivity index (χ2v) is 8.79. The predicted molar refractivity (Wildman–Crippen MR) is 113 cm³/mol. The number of benzene rings is 2. The lowest BCUT2D eigenvalue weighted by Gasteiger charge is -2.19. The number of hydrogen-bond acceptors (Lipinski definition) is 4. The van der Waals surface area contributed by atoms with Crippen LogP contribution in [0.5, 0.6) is 0 Å². The summed E-state index contributed by atoms with van der Waals surface area (Å²) in [4.78, 5) is 16.8. The Kier molecular flexibility index (Phi) is 5.07. The maximum Gasteiger partial charge on any atom is 0.257 e. The molecule has 1 heterocycles. The van der Waals surface area contributed by atoms with Crippen LogP contribution in [0.2, 0.25) is 0 Å². The number of rotatable bonds is 2. The lowest BCUT2D eigenvalue weighted by molar-refractivity contribution is 0.0977. The second kappa shape index (κ2) is 7.13. The zero-order valence-corrected chi connectivity index (χ0v) is 16.8. The van der Waals surface area contributed by atoms with Gasteiger partial charge in [-0.05, 0) is 60.5 Å². The van der Waals surface area contributed by atoms with E-state index in [1.807, 2.05) is 49.4 Å². The first-order chi connectivity index (χ1) is 12.2. The molecule has 0 aliphatic carbocycles. The van der Waals surface area contributed by atoms with Crippen LogP contribution in [-0.2, 0) is 5.41 Å². The summed E-state index contributed by atoms with van der Waals surface area (Å²) in [5.41, 5.74) is 3.54. The van der Waals surface area contributed by atoms with E-state index < -0.39 is 0 Å². The van der Waals surface area contributed by atoms with E-state index in [0.717, 1.165) is 20.9 Å². The first kappa shape index (κ1) is 18.5. The van der Waals surface area contributed by atoms with E-state index in [9.17, 15) is 4.79 Å². The summed E-state index contributed by atoms with van der Waals surface area (Å²) in [5.74, 6) is -0.228. The first-order valence-electron chi connectivity index (χ1n) is 8.32. The Hall–Kier alpha value is -2.31. The van der Waals surface area contributed by atoms with Crippen LogP contribution in [0.3, 0.4) is 0 Å². The van der Waals surface area contributed by atoms with Crippen LogP contribution in [-0.4, -0.2) is 16.0 Å². The van der Waals surface area contributed by atoms with Crippen molar-refractivity contribution in [1.82, 2.24) is 10.3 Å². The van der Waals surface area contributed by atoms with Crippen molar-refractivity contribution in [3.8, 4) is 0 Å². The smallest absolute Gasteiger partial charge is 0.257 e. The van der Waals surface area contributed by atoms with Gasteiger partial charge in [0, 0.05) is 11.3 Å². The van der Waals surface area contributed by atoms with Crippen LogP contribution < -0.4 is 10.6 Å². The van der Waals surface area contributed by atoms with Gasteiger partial charge in [0.15, 0.2) is 5.11 Å². The van der Waals surface area contributed by atoms with Gasteiger partial charge in [-0.3, -0.25) is 10.1 Å². The Bertz CT molecular complexity index is 969. The van der Waals surface area contributed by atoms with Crippen molar-refractivity contribution in [2.45, 2.75) is 33.1 Å². The molecular formula is C20H21N3OS2. The number of thiocarbonyl (C=S) groups is 1. The van der Waals surface area contributed by atoms with Gasteiger partial charge in [-0.1, -0.05) is 32.9 Å². The summed E-state index contributed by atoms with van der Waals surface area (Å²) in [5, 5.41) is 7.05. The quantitative estimate of drug-likeness (QED) is 0.610. The standard InChI is InChI=1S/C20H21N3OS2/c1-12-21-16-11-15(9-10-17(16)26-12)22-19(25)23-18(24)13-5-7-14(8-6-13)20(2,3)4/h5-11H,1-4H3,(H2,22,23,24,25). The molecule has 0 unspecified atom stereocenters. The number of thiazole rings is 1. The number of aryl methyl sites for hydroxylation is 1. The van der Waals surface area contributed by atoms with Crippen molar-refractivity contribution in [3.63, 3.8) is 0 Å². The molecule has 1 amide bonds. The number of amides is 1. The van der Waals surface area contributed by atoms with E-state index in [0.29, 0.717) is 5.56 Å². The Morgan fingerprint density at radius 3 is 2.46 bits per heavy atom. The first-order valence-corrected chi connectivity index (χ1v) is 9.55. The molecule has 2 aromatic carbocycles. The molecule has 0 aliphatic rings. The number of nitrogens with one attached hydrogen (secondary N) is 2. The van der Waals surface area contributed by atoms with Gasteiger partial charge >= 0.3 is 0 Å². The lowest BCUT2D eigenvalue weighted by atomic mass is 9.87. The molecule has 3 aromatic rings. The van der Waals surface area contributed by atoms with Gasteiger partial charge in [-0.2, -0.15) is 0 Å². The molecule has 0 bridgehead atoms. The number of carbonyl (C=O) groups is 1. The van der Waals surface area contributed by atoms with Crippen molar-refractivity contribution in [1.29, 1.82) is 0 Å². The maximum absolute atomic E-state index is 12.4. The number of hydrogen-bond donors (Lipinski definition) is 2. The number of fused-ring (bicyclic) bond motifs is 1.